The predicted molar refractivity (Wildman–Crippen MR) is 47.4 cm³/mol. The molecule has 0 atom stereocenters. The summed E-state index contributed by atoms with van der Waals surface area (Å²) in [5.41, 5.74) is 5.96. The third-order valence-corrected chi connectivity index (χ3v) is 1.38. The highest BCUT2D eigenvalue weighted by molar-refractivity contribution is 5.56. The van der Waals surface area contributed by atoms with Gasteiger partial charge in [0.25, 0.3) is 0 Å². The highest BCUT2D eigenvalue weighted by atomic mass is 19.1. The summed E-state index contributed by atoms with van der Waals surface area (Å²) in [6.45, 7) is 0. The van der Waals surface area contributed by atoms with Crippen LogP contribution in [0.1, 0.15) is 5.56 Å². The number of benzene rings is 1. The van der Waals surface area contributed by atoms with Crippen molar-refractivity contribution in [1.82, 2.24) is 0 Å². The van der Waals surface area contributed by atoms with Gasteiger partial charge in [0.05, 0.1) is 5.70 Å². The highest BCUT2D eigenvalue weighted by Crippen LogP contribution is 2.08. The van der Waals surface area contributed by atoms with Gasteiger partial charge in [-0.1, -0.05) is 24.1 Å². The maximum atomic E-state index is 12.9. The fraction of sp³-hybridized carbons (Fsp3) is 0. The molecule has 60 valence electrons. The van der Waals surface area contributed by atoms with Crippen LogP contribution in [0.25, 0.3) is 6.08 Å². The third-order valence-electron chi connectivity index (χ3n) is 1.38. The van der Waals surface area contributed by atoms with Gasteiger partial charge in [0.15, 0.2) is 0 Å². The van der Waals surface area contributed by atoms with Crippen molar-refractivity contribution in [3.63, 3.8) is 0 Å². The molecule has 0 bridgehead atoms. The lowest BCUT2D eigenvalue weighted by Crippen LogP contribution is -1.93. The van der Waals surface area contributed by atoms with Crippen molar-refractivity contribution in [2.45, 2.75) is 0 Å². The zero-order chi connectivity index (χ0) is 8.97. The zero-order valence-corrected chi connectivity index (χ0v) is 6.42. The first-order valence-electron chi connectivity index (χ1n) is 3.42. The van der Waals surface area contributed by atoms with Gasteiger partial charge in [-0.25, -0.2) is 4.39 Å². The molecule has 2 N–H and O–H groups in total. The molecule has 12 heavy (non-hydrogen) atoms. The average Bonchev–Trinajstić information content (AvgIpc) is 2.09. The van der Waals surface area contributed by atoms with Crippen LogP contribution in [0.4, 0.5) is 4.39 Å². The number of halogens is 1. The summed E-state index contributed by atoms with van der Waals surface area (Å²) < 4.78 is 12.9. The van der Waals surface area contributed by atoms with E-state index < -0.39 is 0 Å². The molecular weight excluding hydrogens is 153 g/mol. The van der Waals surface area contributed by atoms with Gasteiger partial charge in [0, 0.05) is 5.56 Å². The Bertz CT molecular complexity index is 347. The van der Waals surface area contributed by atoms with Crippen molar-refractivity contribution < 1.29 is 4.39 Å². The number of nitrogens with two attached hydrogens (primary N) is 1. The second-order valence-electron chi connectivity index (χ2n) is 2.27. The largest absolute Gasteiger partial charge is 0.392 e. The topological polar surface area (TPSA) is 26.0 Å². The Morgan fingerprint density at radius 1 is 1.50 bits per heavy atom. The van der Waals surface area contributed by atoms with Gasteiger partial charge in [-0.2, -0.15) is 0 Å². The number of terminal acetylenes is 1. The number of hydrogen-bond donors (Lipinski definition) is 1. The Labute approximate surface area is 70.7 Å². The van der Waals surface area contributed by atoms with E-state index in [1.54, 1.807) is 18.2 Å². The van der Waals surface area contributed by atoms with Gasteiger partial charge in [-0.3, -0.25) is 0 Å². The number of hydrogen-bond acceptors (Lipinski definition) is 1. The van der Waals surface area contributed by atoms with Crippen LogP contribution >= 0.6 is 0 Å². The van der Waals surface area contributed by atoms with Gasteiger partial charge in [0.2, 0.25) is 0 Å². The smallest absolute Gasteiger partial charge is 0.130 e. The number of rotatable bonds is 1. The molecule has 0 aromatic heterocycles. The second kappa shape index (κ2) is 3.59. The quantitative estimate of drug-likeness (QED) is 0.624. The van der Waals surface area contributed by atoms with Crippen molar-refractivity contribution in [3.8, 4) is 12.3 Å². The fourth-order valence-electron chi connectivity index (χ4n) is 0.801. The molecule has 0 fully saturated rings. The average molecular weight is 161 g/mol. The van der Waals surface area contributed by atoms with E-state index in [9.17, 15) is 4.39 Å². The van der Waals surface area contributed by atoms with Crippen LogP contribution in [0.15, 0.2) is 30.0 Å². The Balaban J connectivity index is 3.06. The summed E-state index contributed by atoms with van der Waals surface area (Å²) in [6.07, 6.45) is 6.43. The standard InChI is InChI=1S/C10H8FN/c1-2-9(12)7-8-5-3-4-6-10(8)11/h1,3-7H,12H2/b9-7+. The maximum absolute atomic E-state index is 12.9. The van der Waals surface area contributed by atoms with E-state index in [1.165, 1.54) is 12.1 Å². The lowest BCUT2D eigenvalue weighted by molar-refractivity contribution is 0.625. The minimum Gasteiger partial charge on any atom is -0.392 e. The Morgan fingerprint density at radius 3 is 2.75 bits per heavy atom. The monoisotopic (exact) mass is 161 g/mol. The molecule has 1 nitrogen and oxygen atoms in total. The van der Waals surface area contributed by atoms with Crippen molar-refractivity contribution >= 4 is 6.08 Å². The SMILES string of the molecule is C#C/C(N)=C\c1ccccc1F. The first kappa shape index (κ1) is 8.35. The van der Waals surface area contributed by atoms with Crippen molar-refractivity contribution in [2.75, 3.05) is 0 Å². The molecule has 2 heteroatoms. The molecule has 1 rings (SSSR count). The third kappa shape index (κ3) is 1.86. The molecule has 1 aromatic carbocycles. The lowest BCUT2D eigenvalue weighted by atomic mass is 10.2. The van der Waals surface area contributed by atoms with E-state index in [4.69, 9.17) is 12.2 Å². The van der Waals surface area contributed by atoms with Crippen LogP contribution in [-0.4, -0.2) is 0 Å². The minimum absolute atomic E-state index is 0.222. The normalized spacial score (nSPS) is 10.8. The molecular formula is C10H8FN. The van der Waals surface area contributed by atoms with Gasteiger partial charge < -0.3 is 5.73 Å². The summed E-state index contributed by atoms with van der Waals surface area (Å²) in [4.78, 5) is 0. The van der Waals surface area contributed by atoms with E-state index in [-0.39, 0.29) is 11.5 Å². The predicted octanol–water partition coefficient (Wildman–Crippen LogP) is 1.76. The summed E-state index contributed by atoms with van der Waals surface area (Å²) >= 11 is 0. The molecule has 0 heterocycles. The second-order valence-corrected chi connectivity index (χ2v) is 2.27. The molecule has 0 unspecified atom stereocenters. The van der Waals surface area contributed by atoms with Crippen molar-refractivity contribution in [1.29, 1.82) is 0 Å². The highest BCUT2D eigenvalue weighted by Gasteiger charge is 1.95. The van der Waals surface area contributed by atoms with Crippen LogP contribution in [0, 0.1) is 18.2 Å². The minimum atomic E-state index is -0.323. The molecule has 0 radical (unpaired) electrons. The molecule has 0 amide bonds. The van der Waals surface area contributed by atoms with E-state index in [0.29, 0.717) is 5.56 Å². The van der Waals surface area contributed by atoms with Gasteiger partial charge in [-0.15, -0.1) is 6.42 Å². The summed E-state index contributed by atoms with van der Waals surface area (Å²) in [7, 11) is 0. The first-order valence-corrected chi connectivity index (χ1v) is 3.42. The number of allylic oxidation sites excluding steroid dienone is 1. The van der Waals surface area contributed by atoms with Crippen molar-refractivity contribution in [2.24, 2.45) is 5.73 Å². The van der Waals surface area contributed by atoms with Gasteiger partial charge in [-0.05, 0) is 12.1 Å². The van der Waals surface area contributed by atoms with Gasteiger partial charge >= 0.3 is 0 Å². The molecule has 0 aliphatic rings. The van der Waals surface area contributed by atoms with Crippen LogP contribution in [0.2, 0.25) is 0 Å². The summed E-state index contributed by atoms with van der Waals surface area (Å²) in [5, 5.41) is 0. The van der Waals surface area contributed by atoms with Crippen LogP contribution in [0.3, 0.4) is 0 Å². The Hall–Kier alpha value is -1.75. The van der Waals surface area contributed by atoms with E-state index in [2.05, 4.69) is 5.92 Å². The van der Waals surface area contributed by atoms with Crippen molar-refractivity contribution in [3.05, 3.63) is 41.3 Å². The van der Waals surface area contributed by atoms with E-state index in [1.807, 2.05) is 0 Å². The zero-order valence-electron chi connectivity index (χ0n) is 6.42. The summed E-state index contributed by atoms with van der Waals surface area (Å²) in [5.74, 6) is 1.89. The summed E-state index contributed by atoms with van der Waals surface area (Å²) in [6, 6.07) is 6.30. The lowest BCUT2D eigenvalue weighted by Gasteiger charge is -1.95. The first-order chi connectivity index (χ1) is 5.74. The Morgan fingerprint density at radius 2 is 2.17 bits per heavy atom. The molecule has 0 saturated carbocycles. The van der Waals surface area contributed by atoms with Gasteiger partial charge in [0.1, 0.15) is 5.82 Å². The van der Waals surface area contributed by atoms with E-state index in [0.717, 1.165) is 0 Å². The molecule has 0 aliphatic carbocycles. The molecule has 0 aliphatic heterocycles. The fourth-order valence-corrected chi connectivity index (χ4v) is 0.801. The maximum Gasteiger partial charge on any atom is 0.130 e. The molecule has 0 spiro atoms. The molecule has 0 saturated heterocycles. The van der Waals surface area contributed by atoms with Crippen LogP contribution < -0.4 is 5.73 Å². The van der Waals surface area contributed by atoms with Crippen LogP contribution in [-0.2, 0) is 0 Å². The molecule has 1 aromatic rings. The van der Waals surface area contributed by atoms with E-state index >= 15 is 0 Å². The Kier molecular flexibility index (Phi) is 2.49. The van der Waals surface area contributed by atoms with Crippen LogP contribution in [0.5, 0.6) is 0 Å².